The number of hydrogen-bond donors (Lipinski definition) is 2. The number of carboxylic acid groups (broad SMARTS) is 1. The van der Waals surface area contributed by atoms with E-state index in [-0.39, 0.29) is 11.5 Å². The van der Waals surface area contributed by atoms with E-state index in [9.17, 15) is 14.7 Å². The first kappa shape index (κ1) is 14.5. The van der Waals surface area contributed by atoms with Crippen LogP contribution >= 0.6 is 0 Å². The van der Waals surface area contributed by atoms with Crippen molar-refractivity contribution in [2.45, 2.75) is 6.92 Å². The van der Waals surface area contributed by atoms with Crippen molar-refractivity contribution in [1.29, 1.82) is 0 Å². The van der Waals surface area contributed by atoms with Crippen LogP contribution in [0.4, 0.5) is 5.69 Å². The van der Waals surface area contributed by atoms with Gasteiger partial charge in [-0.2, -0.15) is 0 Å². The summed E-state index contributed by atoms with van der Waals surface area (Å²) in [6, 6.07) is 12.5. The normalized spacial score (nSPS) is 9.95. The molecular formula is C17H15NO3. The van der Waals surface area contributed by atoms with Crippen LogP contribution in [0, 0.1) is 6.92 Å². The molecule has 2 aromatic rings. The molecule has 0 aliphatic carbocycles. The lowest BCUT2D eigenvalue weighted by Gasteiger charge is -2.09. The molecule has 2 aromatic carbocycles. The summed E-state index contributed by atoms with van der Waals surface area (Å²) in [6.07, 6.45) is 1.14. The van der Waals surface area contributed by atoms with Crippen molar-refractivity contribution in [3.05, 3.63) is 66.2 Å². The standard InChI is InChI=1S/C17H15NO3/c1-3-16(19)18-15-9-13(8-14(10-15)17(20)21)12-6-4-11(2)5-7-12/h3-10H,1H2,2H3,(H,18,19)(H,20,21). The van der Waals surface area contributed by atoms with E-state index in [0.717, 1.165) is 22.8 Å². The molecule has 1 amide bonds. The molecule has 0 radical (unpaired) electrons. The van der Waals surface area contributed by atoms with Gasteiger partial charge in [-0.15, -0.1) is 0 Å². The van der Waals surface area contributed by atoms with Crippen LogP contribution in [0.1, 0.15) is 15.9 Å². The summed E-state index contributed by atoms with van der Waals surface area (Å²) in [7, 11) is 0. The molecule has 2 rings (SSSR count). The van der Waals surface area contributed by atoms with Crippen LogP contribution in [0.25, 0.3) is 11.1 Å². The minimum absolute atomic E-state index is 0.118. The number of carboxylic acids is 1. The molecule has 4 nitrogen and oxygen atoms in total. The van der Waals surface area contributed by atoms with Crippen LogP contribution in [0.2, 0.25) is 0 Å². The molecule has 0 bridgehead atoms. The molecule has 0 saturated carbocycles. The number of nitrogens with one attached hydrogen (secondary N) is 1. The zero-order valence-corrected chi connectivity index (χ0v) is 11.6. The van der Waals surface area contributed by atoms with Gasteiger partial charge in [-0.25, -0.2) is 4.79 Å². The zero-order chi connectivity index (χ0) is 15.4. The quantitative estimate of drug-likeness (QED) is 0.843. The Bertz CT molecular complexity index is 702. The third kappa shape index (κ3) is 3.57. The largest absolute Gasteiger partial charge is 0.478 e. The van der Waals surface area contributed by atoms with E-state index in [2.05, 4.69) is 11.9 Å². The van der Waals surface area contributed by atoms with Crippen LogP contribution < -0.4 is 5.32 Å². The average molecular weight is 281 g/mol. The molecule has 0 atom stereocenters. The summed E-state index contributed by atoms with van der Waals surface area (Å²) in [5, 5.41) is 11.8. The number of benzene rings is 2. The highest BCUT2D eigenvalue weighted by atomic mass is 16.4. The van der Waals surface area contributed by atoms with Gasteiger partial charge in [0.1, 0.15) is 0 Å². The van der Waals surface area contributed by atoms with Gasteiger partial charge >= 0.3 is 5.97 Å². The number of rotatable bonds is 4. The number of carbonyl (C=O) groups is 2. The van der Waals surface area contributed by atoms with Gasteiger partial charge in [0.25, 0.3) is 0 Å². The van der Waals surface area contributed by atoms with Gasteiger partial charge in [-0.05, 0) is 42.3 Å². The van der Waals surface area contributed by atoms with Crippen molar-refractivity contribution in [2.75, 3.05) is 5.32 Å². The number of carbonyl (C=O) groups excluding carboxylic acids is 1. The molecule has 4 heteroatoms. The highest BCUT2D eigenvalue weighted by Gasteiger charge is 2.09. The van der Waals surface area contributed by atoms with E-state index in [4.69, 9.17) is 0 Å². The summed E-state index contributed by atoms with van der Waals surface area (Å²) in [5.41, 5.74) is 3.28. The average Bonchev–Trinajstić information content (AvgIpc) is 2.47. The van der Waals surface area contributed by atoms with Crippen LogP contribution in [-0.4, -0.2) is 17.0 Å². The van der Waals surface area contributed by atoms with Crippen molar-refractivity contribution in [3.8, 4) is 11.1 Å². The van der Waals surface area contributed by atoms with Crippen molar-refractivity contribution in [1.82, 2.24) is 0 Å². The second-order valence-electron chi connectivity index (χ2n) is 4.66. The first-order chi connectivity index (χ1) is 9.99. The van der Waals surface area contributed by atoms with Crippen molar-refractivity contribution < 1.29 is 14.7 Å². The van der Waals surface area contributed by atoms with Crippen molar-refractivity contribution in [2.24, 2.45) is 0 Å². The Morgan fingerprint density at radius 1 is 1.10 bits per heavy atom. The van der Waals surface area contributed by atoms with E-state index in [1.165, 1.54) is 6.07 Å². The van der Waals surface area contributed by atoms with E-state index in [1.54, 1.807) is 12.1 Å². The smallest absolute Gasteiger partial charge is 0.335 e. The summed E-state index contributed by atoms with van der Waals surface area (Å²) >= 11 is 0. The Kier molecular flexibility index (Phi) is 4.18. The lowest BCUT2D eigenvalue weighted by molar-refractivity contribution is -0.111. The molecule has 106 valence electrons. The van der Waals surface area contributed by atoms with Crippen LogP contribution in [0.3, 0.4) is 0 Å². The molecular weight excluding hydrogens is 266 g/mol. The maximum Gasteiger partial charge on any atom is 0.335 e. The first-order valence-electron chi connectivity index (χ1n) is 6.38. The van der Waals surface area contributed by atoms with E-state index < -0.39 is 5.97 Å². The zero-order valence-electron chi connectivity index (χ0n) is 11.6. The van der Waals surface area contributed by atoms with Gasteiger partial charge in [0.15, 0.2) is 0 Å². The Morgan fingerprint density at radius 3 is 2.33 bits per heavy atom. The number of aryl methyl sites for hydroxylation is 1. The van der Waals surface area contributed by atoms with Gasteiger partial charge in [-0.3, -0.25) is 4.79 Å². The van der Waals surface area contributed by atoms with Gasteiger partial charge in [0.2, 0.25) is 5.91 Å². The van der Waals surface area contributed by atoms with E-state index >= 15 is 0 Å². The summed E-state index contributed by atoms with van der Waals surface area (Å²) in [4.78, 5) is 22.6. The topological polar surface area (TPSA) is 66.4 Å². The first-order valence-corrected chi connectivity index (χ1v) is 6.38. The van der Waals surface area contributed by atoms with Gasteiger partial charge in [-0.1, -0.05) is 36.4 Å². The SMILES string of the molecule is C=CC(=O)Nc1cc(C(=O)O)cc(-c2ccc(C)cc2)c1. The van der Waals surface area contributed by atoms with Crippen molar-refractivity contribution in [3.63, 3.8) is 0 Å². The van der Waals surface area contributed by atoms with Gasteiger partial charge in [0, 0.05) is 5.69 Å². The van der Waals surface area contributed by atoms with Gasteiger partial charge in [0.05, 0.1) is 5.56 Å². The second kappa shape index (κ2) is 6.05. The van der Waals surface area contributed by atoms with E-state index in [1.807, 2.05) is 31.2 Å². The monoisotopic (exact) mass is 281 g/mol. The highest BCUT2D eigenvalue weighted by molar-refractivity contribution is 6.00. The number of amides is 1. The molecule has 0 unspecified atom stereocenters. The van der Waals surface area contributed by atoms with Crippen LogP contribution in [0.15, 0.2) is 55.1 Å². The minimum atomic E-state index is -1.04. The summed E-state index contributed by atoms with van der Waals surface area (Å²) in [6.45, 7) is 5.36. The maximum atomic E-state index is 11.4. The van der Waals surface area contributed by atoms with Crippen LogP contribution in [-0.2, 0) is 4.79 Å². The molecule has 0 aliphatic heterocycles. The van der Waals surface area contributed by atoms with Gasteiger partial charge < -0.3 is 10.4 Å². The molecule has 0 aromatic heterocycles. The second-order valence-corrected chi connectivity index (χ2v) is 4.66. The molecule has 21 heavy (non-hydrogen) atoms. The molecule has 0 saturated heterocycles. The lowest BCUT2D eigenvalue weighted by Crippen LogP contribution is -2.08. The summed E-state index contributed by atoms with van der Waals surface area (Å²) < 4.78 is 0. The number of anilines is 1. The van der Waals surface area contributed by atoms with Crippen LogP contribution in [0.5, 0.6) is 0 Å². The fourth-order valence-electron chi connectivity index (χ4n) is 1.93. The molecule has 0 spiro atoms. The number of aromatic carboxylic acids is 1. The Hall–Kier alpha value is -2.88. The molecule has 0 fully saturated rings. The fraction of sp³-hybridized carbons (Fsp3) is 0.0588. The Labute approximate surface area is 122 Å². The highest BCUT2D eigenvalue weighted by Crippen LogP contribution is 2.25. The molecule has 2 N–H and O–H groups in total. The van der Waals surface area contributed by atoms with Crippen molar-refractivity contribution >= 4 is 17.6 Å². The predicted octanol–water partition coefficient (Wildman–Crippen LogP) is 3.48. The third-order valence-corrected chi connectivity index (χ3v) is 3.02. The molecule has 0 aliphatic rings. The Balaban J connectivity index is 2.49. The lowest BCUT2D eigenvalue weighted by atomic mass is 10.0. The third-order valence-electron chi connectivity index (χ3n) is 3.02. The maximum absolute atomic E-state index is 11.4. The fourth-order valence-corrected chi connectivity index (χ4v) is 1.93. The number of hydrogen-bond acceptors (Lipinski definition) is 2. The molecule has 0 heterocycles. The predicted molar refractivity (Wildman–Crippen MR) is 82.4 cm³/mol. The summed E-state index contributed by atoms with van der Waals surface area (Å²) in [5.74, 6) is -1.43. The van der Waals surface area contributed by atoms with E-state index in [0.29, 0.717) is 5.69 Å². The Morgan fingerprint density at radius 2 is 1.76 bits per heavy atom. The minimum Gasteiger partial charge on any atom is -0.478 e.